The Morgan fingerprint density at radius 3 is 3.00 bits per heavy atom. The SMILES string of the molecule is OC(Cc1ccccn1)c1cn[nH]n1. The number of nitrogens with one attached hydrogen (secondary N) is 1. The van der Waals surface area contributed by atoms with Gasteiger partial charge in [-0.1, -0.05) is 6.07 Å². The first-order valence-corrected chi connectivity index (χ1v) is 4.30. The van der Waals surface area contributed by atoms with Gasteiger partial charge in [0.05, 0.1) is 6.20 Å². The highest BCUT2D eigenvalue weighted by Gasteiger charge is 2.11. The molecule has 0 bridgehead atoms. The lowest BCUT2D eigenvalue weighted by Crippen LogP contribution is -2.03. The van der Waals surface area contributed by atoms with E-state index in [0.29, 0.717) is 12.1 Å². The van der Waals surface area contributed by atoms with Gasteiger partial charge < -0.3 is 5.11 Å². The average Bonchev–Trinajstić information content (AvgIpc) is 2.72. The van der Waals surface area contributed by atoms with Crippen LogP contribution in [-0.2, 0) is 6.42 Å². The van der Waals surface area contributed by atoms with Crippen molar-refractivity contribution in [2.45, 2.75) is 12.5 Å². The van der Waals surface area contributed by atoms with Crippen molar-refractivity contribution in [3.8, 4) is 0 Å². The summed E-state index contributed by atoms with van der Waals surface area (Å²) in [5.41, 5.74) is 1.37. The molecule has 0 spiro atoms. The molecule has 0 saturated carbocycles. The number of H-pyrrole nitrogens is 1. The molecule has 0 fully saturated rings. The molecular weight excluding hydrogens is 180 g/mol. The molecule has 0 aromatic carbocycles. The average molecular weight is 190 g/mol. The van der Waals surface area contributed by atoms with Gasteiger partial charge in [0.1, 0.15) is 11.8 Å². The zero-order chi connectivity index (χ0) is 9.80. The van der Waals surface area contributed by atoms with Crippen LogP contribution in [0.15, 0.2) is 30.6 Å². The number of pyridine rings is 1. The van der Waals surface area contributed by atoms with E-state index in [1.807, 2.05) is 18.2 Å². The fourth-order valence-corrected chi connectivity index (χ4v) is 1.19. The molecular formula is C9H10N4O. The Morgan fingerprint density at radius 2 is 2.36 bits per heavy atom. The summed E-state index contributed by atoms with van der Waals surface area (Å²) >= 11 is 0. The van der Waals surface area contributed by atoms with Crippen LogP contribution in [0.4, 0.5) is 0 Å². The van der Waals surface area contributed by atoms with E-state index in [1.54, 1.807) is 6.20 Å². The first-order valence-electron chi connectivity index (χ1n) is 4.30. The van der Waals surface area contributed by atoms with Crippen LogP contribution >= 0.6 is 0 Å². The minimum absolute atomic E-state index is 0.452. The molecule has 0 radical (unpaired) electrons. The second kappa shape index (κ2) is 3.97. The second-order valence-corrected chi connectivity index (χ2v) is 2.94. The zero-order valence-electron chi connectivity index (χ0n) is 7.46. The molecule has 0 aliphatic rings. The molecule has 2 aromatic rings. The maximum atomic E-state index is 9.70. The molecule has 2 rings (SSSR count). The number of hydrogen-bond donors (Lipinski definition) is 2. The standard InChI is InChI=1S/C9H10N4O/c14-9(8-6-11-13-12-8)5-7-3-1-2-4-10-7/h1-4,6,9,14H,5H2,(H,11,12,13). The Morgan fingerprint density at radius 1 is 1.43 bits per heavy atom. The predicted octanol–water partition coefficient (Wildman–Crippen LogP) is 0.476. The van der Waals surface area contributed by atoms with Crippen LogP contribution in [0.25, 0.3) is 0 Å². The molecule has 5 heteroatoms. The minimum Gasteiger partial charge on any atom is -0.386 e. The van der Waals surface area contributed by atoms with Gasteiger partial charge in [0.2, 0.25) is 0 Å². The van der Waals surface area contributed by atoms with Gasteiger partial charge in [0, 0.05) is 18.3 Å². The van der Waals surface area contributed by atoms with Crippen LogP contribution in [0.3, 0.4) is 0 Å². The lowest BCUT2D eigenvalue weighted by atomic mass is 10.1. The van der Waals surface area contributed by atoms with Crippen LogP contribution in [-0.4, -0.2) is 25.5 Å². The molecule has 2 N–H and O–H groups in total. The van der Waals surface area contributed by atoms with Gasteiger partial charge in [-0.25, -0.2) is 0 Å². The summed E-state index contributed by atoms with van der Waals surface area (Å²) in [5.74, 6) is 0. The summed E-state index contributed by atoms with van der Waals surface area (Å²) in [7, 11) is 0. The summed E-state index contributed by atoms with van der Waals surface area (Å²) in [6.07, 6.45) is 3.01. The van der Waals surface area contributed by atoms with Crippen molar-refractivity contribution in [2.24, 2.45) is 0 Å². The highest BCUT2D eigenvalue weighted by molar-refractivity contribution is 5.08. The summed E-state index contributed by atoms with van der Waals surface area (Å²) in [6.45, 7) is 0. The zero-order valence-corrected chi connectivity index (χ0v) is 7.46. The van der Waals surface area contributed by atoms with E-state index < -0.39 is 6.10 Å². The van der Waals surface area contributed by atoms with Crippen LogP contribution in [0.2, 0.25) is 0 Å². The summed E-state index contributed by atoms with van der Waals surface area (Å²) in [4.78, 5) is 4.11. The Balaban J connectivity index is 2.06. The number of hydrogen-bond acceptors (Lipinski definition) is 4. The van der Waals surface area contributed by atoms with Crippen molar-refractivity contribution in [1.82, 2.24) is 20.4 Å². The maximum Gasteiger partial charge on any atom is 0.111 e. The Kier molecular flexibility index (Phi) is 2.51. The van der Waals surface area contributed by atoms with Crippen molar-refractivity contribution in [1.29, 1.82) is 0 Å². The fraction of sp³-hybridized carbons (Fsp3) is 0.222. The molecule has 14 heavy (non-hydrogen) atoms. The van der Waals surface area contributed by atoms with Crippen molar-refractivity contribution in [3.05, 3.63) is 42.0 Å². The molecule has 2 heterocycles. The first-order chi connectivity index (χ1) is 6.86. The smallest absolute Gasteiger partial charge is 0.111 e. The van der Waals surface area contributed by atoms with Crippen molar-refractivity contribution < 1.29 is 5.11 Å². The highest BCUT2D eigenvalue weighted by Crippen LogP contribution is 2.12. The van der Waals surface area contributed by atoms with E-state index in [9.17, 15) is 5.11 Å². The molecule has 0 aliphatic carbocycles. The third kappa shape index (κ3) is 1.94. The topological polar surface area (TPSA) is 74.7 Å². The molecule has 72 valence electrons. The predicted molar refractivity (Wildman–Crippen MR) is 49.3 cm³/mol. The van der Waals surface area contributed by atoms with E-state index in [1.165, 1.54) is 6.20 Å². The quantitative estimate of drug-likeness (QED) is 0.738. The third-order valence-corrected chi connectivity index (χ3v) is 1.90. The molecule has 1 unspecified atom stereocenters. The second-order valence-electron chi connectivity index (χ2n) is 2.94. The number of rotatable bonds is 3. The first kappa shape index (κ1) is 8.83. The van der Waals surface area contributed by atoms with Crippen molar-refractivity contribution in [2.75, 3.05) is 0 Å². The van der Waals surface area contributed by atoms with Gasteiger partial charge in [-0.05, 0) is 12.1 Å². The number of nitrogens with zero attached hydrogens (tertiary/aromatic N) is 3. The Bertz CT molecular complexity index is 373. The number of aliphatic hydroxyl groups is 1. The van der Waals surface area contributed by atoms with Gasteiger partial charge in [0.15, 0.2) is 0 Å². The van der Waals surface area contributed by atoms with Crippen LogP contribution in [0.1, 0.15) is 17.5 Å². The Labute approximate surface area is 80.8 Å². The summed E-state index contributed by atoms with van der Waals surface area (Å²) in [5, 5.41) is 19.6. The molecule has 1 atom stereocenters. The van der Waals surface area contributed by atoms with E-state index >= 15 is 0 Å². The summed E-state index contributed by atoms with van der Waals surface area (Å²) in [6, 6.07) is 5.59. The largest absolute Gasteiger partial charge is 0.386 e. The van der Waals surface area contributed by atoms with Gasteiger partial charge in [-0.3, -0.25) is 4.98 Å². The lowest BCUT2D eigenvalue weighted by Gasteiger charge is -2.05. The van der Waals surface area contributed by atoms with Crippen molar-refractivity contribution >= 4 is 0 Å². The van der Waals surface area contributed by atoms with Gasteiger partial charge >= 0.3 is 0 Å². The molecule has 0 saturated heterocycles. The minimum atomic E-state index is -0.649. The lowest BCUT2D eigenvalue weighted by molar-refractivity contribution is 0.172. The third-order valence-electron chi connectivity index (χ3n) is 1.90. The van der Waals surface area contributed by atoms with E-state index in [4.69, 9.17) is 0 Å². The van der Waals surface area contributed by atoms with Crippen LogP contribution in [0.5, 0.6) is 0 Å². The highest BCUT2D eigenvalue weighted by atomic mass is 16.3. The number of aromatic amines is 1. The number of aromatic nitrogens is 4. The Hall–Kier alpha value is -1.75. The monoisotopic (exact) mass is 190 g/mol. The van der Waals surface area contributed by atoms with Gasteiger partial charge in [-0.2, -0.15) is 15.4 Å². The van der Waals surface area contributed by atoms with E-state index in [0.717, 1.165) is 5.69 Å². The van der Waals surface area contributed by atoms with Gasteiger partial charge in [-0.15, -0.1) is 0 Å². The molecule has 2 aromatic heterocycles. The van der Waals surface area contributed by atoms with Crippen LogP contribution in [0, 0.1) is 0 Å². The van der Waals surface area contributed by atoms with Crippen LogP contribution < -0.4 is 0 Å². The molecule has 0 aliphatic heterocycles. The number of aliphatic hydroxyl groups excluding tert-OH is 1. The van der Waals surface area contributed by atoms with Crippen molar-refractivity contribution in [3.63, 3.8) is 0 Å². The van der Waals surface area contributed by atoms with Gasteiger partial charge in [0.25, 0.3) is 0 Å². The van der Waals surface area contributed by atoms with E-state index in [-0.39, 0.29) is 0 Å². The molecule has 5 nitrogen and oxygen atoms in total. The van der Waals surface area contributed by atoms with E-state index in [2.05, 4.69) is 20.4 Å². The molecule has 0 amide bonds. The maximum absolute atomic E-state index is 9.70. The summed E-state index contributed by atoms with van der Waals surface area (Å²) < 4.78 is 0. The normalized spacial score (nSPS) is 12.6. The fourth-order valence-electron chi connectivity index (χ4n) is 1.19.